The number of anilines is 1. The zero-order valence-electron chi connectivity index (χ0n) is 17.6. The van der Waals surface area contributed by atoms with Crippen molar-refractivity contribution in [2.24, 2.45) is 0 Å². The average Bonchev–Trinajstić information content (AvgIpc) is 3.18. The fraction of sp³-hybridized carbons (Fsp3) is 0.273. The van der Waals surface area contributed by atoms with E-state index in [-0.39, 0.29) is 16.5 Å². The Hall–Kier alpha value is -2.97. The Kier molecular flexibility index (Phi) is 6.38. The number of sulfonamides is 1. The minimum Gasteiger partial charge on any atom is -0.321 e. The van der Waals surface area contributed by atoms with Gasteiger partial charge in [0, 0.05) is 30.7 Å². The van der Waals surface area contributed by atoms with Gasteiger partial charge in [0.2, 0.25) is 10.0 Å². The van der Waals surface area contributed by atoms with Gasteiger partial charge in [-0.1, -0.05) is 19.9 Å². The van der Waals surface area contributed by atoms with Gasteiger partial charge >= 0.3 is 0 Å². The van der Waals surface area contributed by atoms with Crippen LogP contribution in [0.1, 0.15) is 35.5 Å². The van der Waals surface area contributed by atoms with Gasteiger partial charge in [-0.2, -0.15) is 4.31 Å². The van der Waals surface area contributed by atoms with Crippen molar-refractivity contribution < 1.29 is 13.2 Å². The van der Waals surface area contributed by atoms with Crippen molar-refractivity contribution in [2.45, 2.75) is 32.6 Å². The van der Waals surface area contributed by atoms with Crippen LogP contribution >= 0.6 is 0 Å². The Morgan fingerprint density at radius 1 is 1.03 bits per heavy atom. The molecule has 2 aromatic carbocycles. The van der Waals surface area contributed by atoms with Gasteiger partial charge < -0.3 is 9.88 Å². The van der Waals surface area contributed by atoms with E-state index in [1.54, 1.807) is 35.0 Å². The first-order valence-electron chi connectivity index (χ1n) is 9.78. The van der Waals surface area contributed by atoms with Crippen LogP contribution in [0.5, 0.6) is 0 Å². The van der Waals surface area contributed by atoms with Crippen LogP contribution in [0.4, 0.5) is 5.69 Å². The number of nitrogens with zero attached hydrogens (tertiary/aromatic N) is 3. The topological polar surface area (TPSA) is 84.3 Å². The standard InChI is InChI=1S/C22H26N4O3S/c1-5-26(6-2)30(28,29)20-9-7-19(8-10-20)25-14-21(23-15-25)22(27)24-18-12-16(3)11-17(4)13-18/h7-15H,5-6H2,1-4H3,(H,24,27). The molecule has 30 heavy (non-hydrogen) atoms. The Labute approximate surface area is 177 Å². The zero-order chi connectivity index (χ0) is 21.9. The van der Waals surface area contributed by atoms with Gasteiger partial charge in [0.05, 0.1) is 4.90 Å². The van der Waals surface area contributed by atoms with E-state index in [1.807, 2.05) is 45.9 Å². The van der Waals surface area contributed by atoms with E-state index in [0.717, 1.165) is 16.8 Å². The van der Waals surface area contributed by atoms with Crippen molar-refractivity contribution in [3.8, 4) is 5.69 Å². The molecule has 1 N–H and O–H groups in total. The van der Waals surface area contributed by atoms with Crippen molar-refractivity contribution >= 4 is 21.6 Å². The molecule has 0 fully saturated rings. The van der Waals surface area contributed by atoms with Crippen LogP contribution in [0.25, 0.3) is 5.69 Å². The third kappa shape index (κ3) is 4.60. The second kappa shape index (κ2) is 8.81. The lowest BCUT2D eigenvalue weighted by molar-refractivity contribution is 0.102. The van der Waals surface area contributed by atoms with E-state index in [4.69, 9.17) is 0 Å². The van der Waals surface area contributed by atoms with Crippen molar-refractivity contribution in [3.05, 3.63) is 71.8 Å². The number of rotatable bonds is 7. The predicted molar refractivity (Wildman–Crippen MR) is 118 cm³/mol. The van der Waals surface area contributed by atoms with Crippen molar-refractivity contribution in [3.63, 3.8) is 0 Å². The summed E-state index contributed by atoms with van der Waals surface area (Å²) in [6.45, 7) is 8.40. The first-order chi connectivity index (χ1) is 14.2. The summed E-state index contributed by atoms with van der Waals surface area (Å²) in [7, 11) is -3.51. The number of imidazole rings is 1. The van der Waals surface area contributed by atoms with Gasteiger partial charge in [-0.05, 0) is 61.4 Å². The molecule has 8 heteroatoms. The molecular formula is C22H26N4O3S. The molecule has 0 radical (unpaired) electrons. The van der Waals surface area contributed by atoms with Gasteiger partial charge in [0.1, 0.15) is 12.0 Å². The fourth-order valence-electron chi connectivity index (χ4n) is 3.33. The molecule has 1 aromatic heterocycles. The number of nitrogens with one attached hydrogen (secondary N) is 1. The number of benzene rings is 2. The Morgan fingerprint density at radius 3 is 2.20 bits per heavy atom. The van der Waals surface area contributed by atoms with E-state index < -0.39 is 10.0 Å². The molecule has 3 aromatic rings. The minimum atomic E-state index is -3.51. The number of hydrogen-bond donors (Lipinski definition) is 1. The number of carbonyl (C=O) groups excluding carboxylic acids is 1. The second-order valence-electron chi connectivity index (χ2n) is 7.08. The summed E-state index contributed by atoms with van der Waals surface area (Å²) in [6, 6.07) is 12.4. The predicted octanol–water partition coefficient (Wildman–Crippen LogP) is 3.77. The number of carbonyl (C=O) groups is 1. The summed E-state index contributed by atoms with van der Waals surface area (Å²) in [6.07, 6.45) is 3.15. The van der Waals surface area contributed by atoms with Crippen molar-refractivity contribution in [2.75, 3.05) is 18.4 Å². The molecule has 0 bridgehead atoms. The quantitative estimate of drug-likeness (QED) is 0.623. The highest BCUT2D eigenvalue weighted by atomic mass is 32.2. The molecule has 0 aliphatic carbocycles. The maximum atomic E-state index is 12.6. The van der Waals surface area contributed by atoms with Crippen molar-refractivity contribution in [1.29, 1.82) is 0 Å². The van der Waals surface area contributed by atoms with Gasteiger partial charge in [0.15, 0.2) is 0 Å². The van der Waals surface area contributed by atoms with Crippen LogP contribution in [0.2, 0.25) is 0 Å². The summed E-state index contributed by atoms with van der Waals surface area (Å²) in [4.78, 5) is 17.0. The fourth-order valence-corrected chi connectivity index (χ4v) is 4.78. The van der Waals surface area contributed by atoms with Crippen LogP contribution in [-0.2, 0) is 10.0 Å². The molecule has 0 atom stereocenters. The molecule has 0 unspecified atom stereocenters. The minimum absolute atomic E-state index is 0.239. The van der Waals surface area contributed by atoms with E-state index in [0.29, 0.717) is 18.8 Å². The summed E-state index contributed by atoms with van der Waals surface area (Å²) < 4.78 is 28.3. The van der Waals surface area contributed by atoms with E-state index >= 15 is 0 Å². The molecule has 7 nitrogen and oxygen atoms in total. The third-order valence-corrected chi connectivity index (χ3v) is 6.84. The molecule has 158 valence electrons. The van der Waals surface area contributed by atoms with E-state index in [9.17, 15) is 13.2 Å². The maximum Gasteiger partial charge on any atom is 0.275 e. The Bertz CT molecular complexity index is 1130. The molecule has 1 amide bonds. The van der Waals surface area contributed by atoms with Gasteiger partial charge in [-0.25, -0.2) is 13.4 Å². The maximum absolute atomic E-state index is 12.6. The number of hydrogen-bond acceptors (Lipinski definition) is 4. The zero-order valence-corrected chi connectivity index (χ0v) is 18.4. The number of aromatic nitrogens is 2. The van der Waals surface area contributed by atoms with Gasteiger partial charge in [0.25, 0.3) is 5.91 Å². The van der Waals surface area contributed by atoms with Gasteiger partial charge in [-0.3, -0.25) is 4.79 Å². The molecule has 0 spiro atoms. The summed E-state index contributed by atoms with van der Waals surface area (Å²) in [5.74, 6) is -0.306. The van der Waals surface area contributed by atoms with E-state index in [1.165, 1.54) is 10.6 Å². The smallest absolute Gasteiger partial charge is 0.275 e. The summed E-state index contributed by atoms with van der Waals surface area (Å²) in [5, 5.41) is 2.86. The Balaban J connectivity index is 1.78. The molecule has 0 saturated heterocycles. The Morgan fingerprint density at radius 2 is 1.63 bits per heavy atom. The highest BCUT2D eigenvalue weighted by Gasteiger charge is 2.21. The van der Waals surface area contributed by atoms with Crippen LogP contribution in [0.3, 0.4) is 0 Å². The molecule has 0 aliphatic rings. The second-order valence-corrected chi connectivity index (χ2v) is 9.02. The highest BCUT2D eigenvalue weighted by molar-refractivity contribution is 7.89. The number of aryl methyl sites for hydroxylation is 2. The van der Waals surface area contributed by atoms with Crippen LogP contribution < -0.4 is 5.32 Å². The lowest BCUT2D eigenvalue weighted by Gasteiger charge is -2.18. The van der Waals surface area contributed by atoms with Gasteiger partial charge in [-0.15, -0.1) is 0 Å². The SMILES string of the molecule is CCN(CC)S(=O)(=O)c1ccc(-n2cnc(C(=O)Nc3cc(C)cc(C)c3)c2)cc1. The molecule has 0 aliphatic heterocycles. The van der Waals surface area contributed by atoms with Crippen LogP contribution in [-0.4, -0.2) is 41.3 Å². The summed E-state index contributed by atoms with van der Waals surface area (Å²) in [5.41, 5.74) is 3.84. The molecule has 3 rings (SSSR count). The molecular weight excluding hydrogens is 400 g/mol. The highest BCUT2D eigenvalue weighted by Crippen LogP contribution is 2.19. The van der Waals surface area contributed by atoms with Crippen molar-refractivity contribution in [1.82, 2.24) is 13.9 Å². The van der Waals surface area contributed by atoms with Crippen LogP contribution in [0, 0.1) is 13.8 Å². The lowest BCUT2D eigenvalue weighted by atomic mass is 10.1. The normalized spacial score (nSPS) is 11.6. The number of amides is 1. The first kappa shape index (κ1) is 21.7. The van der Waals surface area contributed by atoms with E-state index in [2.05, 4.69) is 10.3 Å². The lowest BCUT2D eigenvalue weighted by Crippen LogP contribution is -2.30. The first-order valence-corrected chi connectivity index (χ1v) is 11.2. The molecule has 0 saturated carbocycles. The average molecular weight is 427 g/mol. The van der Waals surface area contributed by atoms with Crippen LogP contribution in [0.15, 0.2) is 59.9 Å². The largest absolute Gasteiger partial charge is 0.321 e. The monoisotopic (exact) mass is 426 g/mol. The third-order valence-electron chi connectivity index (χ3n) is 4.77. The summed E-state index contributed by atoms with van der Waals surface area (Å²) >= 11 is 0. The molecule has 1 heterocycles.